The molecule has 0 bridgehead atoms. The summed E-state index contributed by atoms with van der Waals surface area (Å²) in [5.74, 6) is 1.41. The zero-order valence-electron chi connectivity index (χ0n) is 35.5. The van der Waals surface area contributed by atoms with Crippen LogP contribution in [-0.4, -0.2) is 36.6 Å². The molecule has 2 N–H and O–H groups in total. The van der Waals surface area contributed by atoms with E-state index < -0.39 is 5.41 Å². The van der Waals surface area contributed by atoms with Crippen molar-refractivity contribution in [3.63, 3.8) is 0 Å². The van der Waals surface area contributed by atoms with Gasteiger partial charge in [-0.1, -0.05) is 158 Å². The fourth-order valence-corrected chi connectivity index (χ4v) is 11.4. The number of fused-ring (bicyclic) bond motifs is 3. The molecule has 4 heteroatoms. The minimum Gasteiger partial charge on any atom is -0.491 e. The van der Waals surface area contributed by atoms with Crippen LogP contribution < -0.4 is 9.47 Å². The van der Waals surface area contributed by atoms with Crippen LogP contribution in [0.2, 0.25) is 0 Å². The Labute approximate surface area is 375 Å². The second-order valence-electron chi connectivity index (χ2n) is 17.4. The molecular weight excluding hydrogens is 797 g/mol. The predicted molar refractivity (Wildman–Crippen MR) is 267 cm³/mol. The average Bonchev–Trinajstić information content (AvgIpc) is 3.65. The van der Waals surface area contributed by atoms with Crippen LogP contribution in [0, 0.1) is 0 Å². The van der Waals surface area contributed by atoms with Crippen molar-refractivity contribution < 1.29 is 19.7 Å². The number of hydrogen-bond acceptors (Lipinski definition) is 4. The second kappa shape index (κ2) is 14.6. The summed E-state index contributed by atoms with van der Waals surface area (Å²) in [6.07, 6.45) is 0. The van der Waals surface area contributed by atoms with E-state index in [1.165, 1.54) is 98.0 Å². The maximum atomic E-state index is 9.56. The highest BCUT2D eigenvalue weighted by molar-refractivity contribution is 6.27. The first-order valence-corrected chi connectivity index (χ1v) is 22.4. The van der Waals surface area contributed by atoms with Crippen LogP contribution in [0.1, 0.15) is 22.3 Å². The van der Waals surface area contributed by atoms with Gasteiger partial charge in [-0.2, -0.15) is 0 Å². The smallest absolute Gasteiger partial charge is 0.119 e. The molecule has 12 aromatic carbocycles. The highest BCUT2D eigenvalue weighted by atomic mass is 16.5. The molecule has 0 amide bonds. The van der Waals surface area contributed by atoms with Crippen LogP contribution >= 0.6 is 0 Å². The van der Waals surface area contributed by atoms with Gasteiger partial charge in [0.1, 0.15) is 24.7 Å². The standard InChI is InChI=1S/C61H42O4/c62-31-33-64-47-21-17-45(18-22-47)61(46-19-23-48(24-20-46)65-34-32-63)55-29-15-43(49-25-11-41-9-7-37-3-1-5-39-13-27-51(49)59(41)57(37)39)35-53(55)54-36-44(16-30-56(54)61)50-26-12-42-10-8-38-4-2-6-40-14-28-52(50)60(42)58(38)40/h1-30,35-36,62-63H,31-34H2. The summed E-state index contributed by atoms with van der Waals surface area (Å²) in [5.41, 5.74) is 11.0. The summed E-state index contributed by atoms with van der Waals surface area (Å²) in [7, 11) is 0. The van der Waals surface area contributed by atoms with E-state index in [4.69, 9.17) is 9.47 Å². The highest BCUT2D eigenvalue weighted by Crippen LogP contribution is 2.58. The molecule has 0 unspecified atom stereocenters. The van der Waals surface area contributed by atoms with Gasteiger partial charge < -0.3 is 19.7 Å². The number of rotatable bonds is 10. The molecule has 13 rings (SSSR count). The first-order valence-electron chi connectivity index (χ1n) is 22.4. The fourth-order valence-electron chi connectivity index (χ4n) is 11.4. The molecule has 4 nitrogen and oxygen atoms in total. The quantitative estimate of drug-likeness (QED) is 0.135. The molecule has 0 radical (unpaired) electrons. The lowest BCUT2D eigenvalue weighted by molar-refractivity contribution is 0.201. The first kappa shape index (κ1) is 37.8. The molecule has 1 aliphatic carbocycles. The molecule has 0 saturated heterocycles. The number of aliphatic hydroxyl groups is 2. The molecule has 12 aromatic rings. The van der Waals surface area contributed by atoms with Crippen LogP contribution in [0.15, 0.2) is 194 Å². The Morgan fingerprint density at radius 3 is 1.11 bits per heavy atom. The lowest BCUT2D eigenvalue weighted by atomic mass is 9.67. The van der Waals surface area contributed by atoms with Crippen LogP contribution in [0.4, 0.5) is 0 Å². The Morgan fingerprint density at radius 2 is 0.708 bits per heavy atom. The summed E-state index contributed by atoms with van der Waals surface area (Å²) in [5, 5.41) is 34.3. The molecule has 0 aromatic heterocycles. The van der Waals surface area contributed by atoms with E-state index in [1.807, 2.05) is 24.3 Å². The number of aliphatic hydroxyl groups excluding tert-OH is 2. The van der Waals surface area contributed by atoms with E-state index >= 15 is 0 Å². The third-order valence-corrected chi connectivity index (χ3v) is 14.1. The first-order chi connectivity index (χ1) is 32.1. The van der Waals surface area contributed by atoms with E-state index in [1.54, 1.807) is 0 Å². The van der Waals surface area contributed by atoms with Crippen LogP contribution in [0.5, 0.6) is 11.5 Å². The predicted octanol–water partition coefficient (Wildman–Crippen LogP) is 13.9. The molecule has 0 fully saturated rings. The zero-order valence-corrected chi connectivity index (χ0v) is 35.5. The van der Waals surface area contributed by atoms with Gasteiger partial charge in [0.05, 0.1) is 18.6 Å². The van der Waals surface area contributed by atoms with Crippen molar-refractivity contribution in [2.24, 2.45) is 0 Å². The van der Waals surface area contributed by atoms with Gasteiger partial charge in [0.2, 0.25) is 0 Å². The van der Waals surface area contributed by atoms with E-state index in [0.717, 1.165) is 22.3 Å². The van der Waals surface area contributed by atoms with Crippen LogP contribution in [0.3, 0.4) is 0 Å². The largest absolute Gasteiger partial charge is 0.491 e. The maximum Gasteiger partial charge on any atom is 0.119 e. The third kappa shape index (κ3) is 5.58. The van der Waals surface area contributed by atoms with E-state index in [9.17, 15) is 10.2 Å². The van der Waals surface area contributed by atoms with Crippen molar-refractivity contribution in [3.8, 4) is 44.9 Å². The monoisotopic (exact) mass is 838 g/mol. The van der Waals surface area contributed by atoms with Gasteiger partial charge in [0.25, 0.3) is 0 Å². The van der Waals surface area contributed by atoms with Crippen LogP contribution in [0.25, 0.3) is 98.0 Å². The Bertz CT molecular complexity index is 3510. The van der Waals surface area contributed by atoms with E-state index in [-0.39, 0.29) is 26.4 Å². The molecule has 0 atom stereocenters. The summed E-state index contributed by atoms with van der Waals surface area (Å²) in [6, 6.07) is 71.4. The number of hydrogen-bond donors (Lipinski definition) is 2. The number of ether oxygens (including phenoxy) is 2. The van der Waals surface area contributed by atoms with Crippen molar-refractivity contribution in [1.29, 1.82) is 0 Å². The topological polar surface area (TPSA) is 58.9 Å². The summed E-state index contributed by atoms with van der Waals surface area (Å²) in [6.45, 7) is 0.340. The van der Waals surface area contributed by atoms with Gasteiger partial charge in [-0.15, -0.1) is 0 Å². The van der Waals surface area contributed by atoms with Gasteiger partial charge >= 0.3 is 0 Å². The van der Waals surface area contributed by atoms with Crippen molar-refractivity contribution in [2.45, 2.75) is 5.41 Å². The molecule has 0 heterocycles. The van der Waals surface area contributed by atoms with Crippen molar-refractivity contribution in [1.82, 2.24) is 0 Å². The molecule has 310 valence electrons. The highest BCUT2D eigenvalue weighted by Gasteiger charge is 2.46. The summed E-state index contributed by atoms with van der Waals surface area (Å²) >= 11 is 0. The summed E-state index contributed by atoms with van der Waals surface area (Å²) < 4.78 is 11.8. The maximum absolute atomic E-state index is 9.56. The SMILES string of the molecule is OCCOc1ccc(C2(c3ccc(OCCO)cc3)c3ccc(-c4ccc5ccc6cccc7ccc4c5c67)cc3-c3cc(-c4ccc5ccc6cccc7ccc4c5c67)ccc32)cc1. The molecular formula is C61H42O4. The normalized spacial score (nSPS) is 13.1. The van der Waals surface area contributed by atoms with Crippen molar-refractivity contribution >= 4 is 64.6 Å². The van der Waals surface area contributed by atoms with Gasteiger partial charge in [-0.25, -0.2) is 0 Å². The van der Waals surface area contributed by atoms with Crippen molar-refractivity contribution in [2.75, 3.05) is 26.4 Å². The van der Waals surface area contributed by atoms with Gasteiger partial charge in [0, 0.05) is 0 Å². The van der Waals surface area contributed by atoms with E-state index in [0.29, 0.717) is 11.5 Å². The lowest BCUT2D eigenvalue weighted by Crippen LogP contribution is -2.28. The van der Waals surface area contributed by atoms with E-state index in [2.05, 4.69) is 170 Å². The zero-order chi connectivity index (χ0) is 43.2. The number of benzene rings is 12. The lowest BCUT2D eigenvalue weighted by Gasteiger charge is -2.34. The molecule has 0 aliphatic heterocycles. The van der Waals surface area contributed by atoms with Crippen LogP contribution in [-0.2, 0) is 5.41 Å². The third-order valence-electron chi connectivity index (χ3n) is 14.1. The Kier molecular flexibility index (Phi) is 8.51. The molecule has 65 heavy (non-hydrogen) atoms. The Morgan fingerprint density at radius 1 is 0.338 bits per heavy atom. The minimum atomic E-state index is -0.710. The van der Waals surface area contributed by atoms with Crippen molar-refractivity contribution in [3.05, 3.63) is 216 Å². The minimum absolute atomic E-state index is 0.0555. The average molecular weight is 839 g/mol. The summed E-state index contributed by atoms with van der Waals surface area (Å²) in [4.78, 5) is 0. The Balaban J connectivity index is 1.08. The molecule has 0 saturated carbocycles. The van der Waals surface area contributed by atoms with Gasteiger partial charge in [-0.05, 0) is 157 Å². The molecule has 1 aliphatic rings. The molecule has 0 spiro atoms. The van der Waals surface area contributed by atoms with Gasteiger partial charge in [0.15, 0.2) is 0 Å². The Hall–Kier alpha value is -7.76. The van der Waals surface area contributed by atoms with Gasteiger partial charge in [-0.3, -0.25) is 0 Å². The fraction of sp³-hybridized carbons (Fsp3) is 0.0820. The second-order valence-corrected chi connectivity index (χ2v) is 17.4.